The zero-order valence-electron chi connectivity index (χ0n) is 16.8. The highest BCUT2D eigenvalue weighted by Crippen LogP contribution is 2.20. The van der Waals surface area contributed by atoms with E-state index >= 15 is 0 Å². The summed E-state index contributed by atoms with van der Waals surface area (Å²) in [7, 11) is 3.32. The lowest BCUT2D eigenvalue weighted by Crippen LogP contribution is -2.25. The zero-order chi connectivity index (χ0) is 20.8. The molecule has 7 nitrogen and oxygen atoms in total. The number of aliphatic imine (C=N–C) groups is 1. The summed E-state index contributed by atoms with van der Waals surface area (Å²) in [6.07, 6.45) is 4.53. The molecule has 3 rings (SSSR count). The number of pyridine rings is 1. The molecule has 1 aliphatic heterocycles. The van der Waals surface area contributed by atoms with Crippen molar-refractivity contribution in [1.29, 1.82) is 0 Å². The molecule has 1 aliphatic rings. The second kappa shape index (κ2) is 9.14. The van der Waals surface area contributed by atoms with Crippen molar-refractivity contribution < 1.29 is 14.3 Å². The molecule has 0 unspecified atom stereocenters. The Labute approximate surface area is 170 Å². The van der Waals surface area contributed by atoms with Crippen molar-refractivity contribution in [3.8, 4) is 5.88 Å². The Morgan fingerprint density at radius 3 is 2.55 bits per heavy atom. The van der Waals surface area contributed by atoms with Crippen LogP contribution in [0.15, 0.2) is 59.4 Å². The molecule has 2 aromatic rings. The second-order valence-electron chi connectivity index (χ2n) is 6.60. The predicted octanol–water partition coefficient (Wildman–Crippen LogP) is 2.86. The lowest BCUT2D eigenvalue weighted by molar-refractivity contribution is -0.118. The molecule has 2 heterocycles. The van der Waals surface area contributed by atoms with Gasteiger partial charge in [0.25, 0.3) is 5.91 Å². The number of nitrogens with one attached hydrogen (secondary N) is 1. The Balaban J connectivity index is 1.60. The van der Waals surface area contributed by atoms with Gasteiger partial charge in [0.05, 0.1) is 12.8 Å². The maximum Gasteiger partial charge on any atom is 0.269 e. The second-order valence-corrected chi connectivity index (χ2v) is 6.60. The summed E-state index contributed by atoms with van der Waals surface area (Å²) in [6.45, 7) is 2.20. The van der Waals surface area contributed by atoms with E-state index in [1.165, 1.54) is 0 Å². The van der Waals surface area contributed by atoms with Gasteiger partial charge in [0.1, 0.15) is 5.70 Å². The summed E-state index contributed by atoms with van der Waals surface area (Å²) in [5, 5.41) is 2.85. The highest BCUT2D eigenvalue weighted by atomic mass is 16.5. The molecule has 29 heavy (non-hydrogen) atoms. The standard InChI is InChI=1S/C22H24N4O3/c1-4-21(27)26(2)17-8-6-16(7-9-17)18-10-11-19(25-18)22(28)24-14-15-5-12-20(29-3)23-13-15/h5-9,11-13H,4,10,14H2,1-3H3,(H,24,28). The first-order chi connectivity index (χ1) is 14.0. The van der Waals surface area contributed by atoms with E-state index in [9.17, 15) is 9.59 Å². The molecule has 150 valence electrons. The van der Waals surface area contributed by atoms with Crippen LogP contribution in [0.4, 0.5) is 5.69 Å². The van der Waals surface area contributed by atoms with E-state index < -0.39 is 0 Å². The van der Waals surface area contributed by atoms with Crippen molar-refractivity contribution in [3.05, 3.63) is 65.5 Å². The van der Waals surface area contributed by atoms with Gasteiger partial charge in [-0.05, 0) is 29.3 Å². The maximum absolute atomic E-state index is 12.4. The summed E-state index contributed by atoms with van der Waals surface area (Å²) < 4.78 is 5.02. The molecule has 2 amide bonds. The average molecular weight is 392 g/mol. The topological polar surface area (TPSA) is 83.9 Å². The first-order valence-corrected chi connectivity index (χ1v) is 9.43. The van der Waals surface area contributed by atoms with E-state index in [2.05, 4.69) is 15.3 Å². The smallest absolute Gasteiger partial charge is 0.269 e. The number of ether oxygens (including phenoxy) is 1. The van der Waals surface area contributed by atoms with Crippen molar-refractivity contribution >= 4 is 23.2 Å². The Morgan fingerprint density at radius 1 is 1.17 bits per heavy atom. The lowest BCUT2D eigenvalue weighted by atomic mass is 10.1. The first-order valence-electron chi connectivity index (χ1n) is 9.43. The minimum Gasteiger partial charge on any atom is -0.481 e. The van der Waals surface area contributed by atoms with Crippen molar-refractivity contribution in [2.75, 3.05) is 19.1 Å². The van der Waals surface area contributed by atoms with Crippen molar-refractivity contribution in [2.45, 2.75) is 26.3 Å². The Bertz CT molecular complexity index is 947. The maximum atomic E-state index is 12.4. The van der Waals surface area contributed by atoms with E-state index in [-0.39, 0.29) is 11.8 Å². The van der Waals surface area contributed by atoms with Gasteiger partial charge in [0.15, 0.2) is 0 Å². The number of amides is 2. The highest BCUT2D eigenvalue weighted by molar-refractivity contribution is 6.08. The monoisotopic (exact) mass is 392 g/mol. The van der Waals surface area contributed by atoms with Crippen LogP contribution >= 0.6 is 0 Å². The number of anilines is 1. The molecule has 1 N–H and O–H groups in total. The molecule has 0 aliphatic carbocycles. The summed E-state index contributed by atoms with van der Waals surface area (Å²) in [6, 6.07) is 11.2. The fourth-order valence-corrected chi connectivity index (χ4v) is 2.92. The summed E-state index contributed by atoms with van der Waals surface area (Å²) >= 11 is 0. The summed E-state index contributed by atoms with van der Waals surface area (Å²) in [4.78, 5) is 34.4. The minimum atomic E-state index is -0.222. The molecule has 0 saturated heterocycles. The third-order valence-corrected chi connectivity index (χ3v) is 4.70. The molecule has 0 atom stereocenters. The number of rotatable bonds is 7. The number of hydrogen-bond acceptors (Lipinski definition) is 5. The number of nitrogens with zero attached hydrogens (tertiary/aromatic N) is 3. The fraction of sp³-hybridized carbons (Fsp3) is 0.273. The number of methoxy groups -OCH3 is 1. The number of benzene rings is 1. The molecule has 0 radical (unpaired) electrons. The SMILES string of the molecule is CCC(=O)N(C)c1ccc(C2=NC(C(=O)NCc3ccc(OC)nc3)=CC2)cc1. The van der Waals surface area contributed by atoms with Crippen LogP contribution in [-0.4, -0.2) is 36.7 Å². The number of aromatic nitrogens is 1. The molecular formula is C22H24N4O3. The van der Waals surface area contributed by atoms with Crippen LogP contribution in [-0.2, 0) is 16.1 Å². The Hall–Kier alpha value is -3.48. The molecule has 1 aromatic heterocycles. The number of allylic oxidation sites excluding steroid dienone is 1. The molecule has 0 spiro atoms. The third kappa shape index (κ3) is 4.87. The van der Waals surface area contributed by atoms with E-state index in [0.717, 1.165) is 22.5 Å². The van der Waals surface area contributed by atoms with Gasteiger partial charge in [0.2, 0.25) is 11.8 Å². The van der Waals surface area contributed by atoms with Crippen LogP contribution in [0.5, 0.6) is 5.88 Å². The summed E-state index contributed by atoms with van der Waals surface area (Å²) in [5.74, 6) is 0.369. The molecular weight excluding hydrogens is 368 g/mol. The normalized spacial score (nSPS) is 12.8. The third-order valence-electron chi connectivity index (χ3n) is 4.70. The van der Waals surface area contributed by atoms with Gasteiger partial charge < -0.3 is 15.0 Å². The average Bonchev–Trinajstić information content (AvgIpc) is 3.27. The van der Waals surface area contributed by atoms with Gasteiger partial charge in [-0.1, -0.05) is 25.1 Å². The van der Waals surface area contributed by atoms with Crippen LogP contribution in [0.1, 0.15) is 30.9 Å². The minimum absolute atomic E-state index is 0.0589. The van der Waals surface area contributed by atoms with E-state index in [4.69, 9.17) is 4.74 Å². The van der Waals surface area contributed by atoms with Gasteiger partial charge in [0, 0.05) is 44.4 Å². The molecule has 0 fully saturated rings. The molecule has 0 bridgehead atoms. The molecule has 7 heteroatoms. The molecule has 0 saturated carbocycles. The largest absolute Gasteiger partial charge is 0.481 e. The van der Waals surface area contributed by atoms with E-state index in [1.54, 1.807) is 31.3 Å². The number of hydrogen-bond donors (Lipinski definition) is 1. The van der Waals surface area contributed by atoms with Crippen molar-refractivity contribution in [1.82, 2.24) is 10.3 Å². The lowest BCUT2D eigenvalue weighted by Gasteiger charge is -2.16. The first kappa shape index (κ1) is 20.3. The predicted molar refractivity (Wildman–Crippen MR) is 112 cm³/mol. The van der Waals surface area contributed by atoms with Gasteiger partial charge in [-0.3, -0.25) is 9.59 Å². The fourth-order valence-electron chi connectivity index (χ4n) is 2.92. The van der Waals surface area contributed by atoms with Crippen LogP contribution in [0.2, 0.25) is 0 Å². The summed E-state index contributed by atoms with van der Waals surface area (Å²) in [5.41, 5.74) is 3.88. The molecule has 1 aromatic carbocycles. The Morgan fingerprint density at radius 2 is 1.93 bits per heavy atom. The van der Waals surface area contributed by atoms with Crippen molar-refractivity contribution in [2.24, 2.45) is 4.99 Å². The van der Waals surface area contributed by atoms with Gasteiger partial charge in [-0.2, -0.15) is 0 Å². The number of carbonyl (C=O) groups is 2. The van der Waals surface area contributed by atoms with Crippen LogP contribution in [0.3, 0.4) is 0 Å². The van der Waals surface area contributed by atoms with Crippen LogP contribution < -0.4 is 15.0 Å². The zero-order valence-corrected chi connectivity index (χ0v) is 16.8. The highest BCUT2D eigenvalue weighted by Gasteiger charge is 2.17. The van der Waals surface area contributed by atoms with Crippen LogP contribution in [0.25, 0.3) is 0 Å². The van der Waals surface area contributed by atoms with E-state index in [1.807, 2.05) is 43.3 Å². The van der Waals surface area contributed by atoms with Crippen LogP contribution in [0, 0.1) is 0 Å². The Kier molecular flexibility index (Phi) is 6.39. The quantitative estimate of drug-likeness (QED) is 0.785. The van der Waals surface area contributed by atoms with Crippen molar-refractivity contribution in [3.63, 3.8) is 0 Å². The van der Waals surface area contributed by atoms with E-state index in [0.29, 0.717) is 31.0 Å². The van der Waals surface area contributed by atoms with Gasteiger partial charge in [-0.15, -0.1) is 0 Å². The van der Waals surface area contributed by atoms with Gasteiger partial charge in [-0.25, -0.2) is 9.98 Å². The number of carbonyl (C=O) groups excluding carboxylic acids is 2. The van der Waals surface area contributed by atoms with Gasteiger partial charge >= 0.3 is 0 Å².